The van der Waals surface area contributed by atoms with Gasteiger partial charge in [-0.25, -0.2) is 0 Å². The Hall–Kier alpha value is -2.71. The van der Waals surface area contributed by atoms with Gasteiger partial charge in [-0.05, 0) is 41.5 Å². The van der Waals surface area contributed by atoms with Gasteiger partial charge in [0.2, 0.25) is 0 Å². The van der Waals surface area contributed by atoms with Gasteiger partial charge in [0.25, 0.3) is 0 Å². The van der Waals surface area contributed by atoms with Gasteiger partial charge < -0.3 is 53.1 Å². The summed E-state index contributed by atoms with van der Waals surface area (Å²) in [7, 11) is 0. The first-order valence-electron chi connectivity index (χ1n) is 14.5. The molecule has 0 saturated carbocycles. The van der Waals surface area contributed by atoms with E-state index < -0.39 is 36.2 Å². The standard InChI is InChI=1S/C12H19O6.2C10H9O2.C2H5O.Ti/c1-11(2)14-5-6(16-11)8-7(13)9-10(15-8)18-12(3,4)17-9;2*1-8(11)7-10(12)9-5-3-2-4-6-9;1-2-3;/h6-10H,5H2,1-4H3;2*2-7H,1H3;2H2,1H3;/q4*-1;. The summed E-state index contributed by atoms with van der Waals surface area (Å²) in [5, 5.41) is 21.2. The molecule has 12 heteroatoms. The molecule has 0 N–H and O–H groups in total. The average molecular weight is 675 g/mol. The van der Waals surface area contributed by atoms with Gasteiger partial charge in [0, 0.05) is 33.3 Å². The summed E-state index contributed by atoms with van der Waals surface area (Å²) in [6, 6.07) is 17.4. The Labute approximate surface area is 285 Å². The smallest absolute Gasteiger partial charge is 0.186 e. The quantitative estimate of drug-likeness (QED) is 0.184. The first-order valence-corrected chi connectivity index (χ1v) is 14.5. The molecule has 2 aromatic rings. The maximum absolute atomic E-state index is 12.3. The van der Waals surface area contributed by atoms with E-state index in [2.05, 4.69) is 0 Å². The molecule has 0 bridgehead atoms. The van der Waals surface area contributed by atoms with Crippen LogP contribution >= 0.6 is 0 Å². The van der Waals surface area contributed by atoms with E-state index in [0.717, 1.165) is 12.8 Å². The number of carbonyl (C=O) groups excluding carboxylic acids is 4. The van der Waals surface area contributed by atoms with Crippen LogP contribution in [-0.4, -0.2) is 78.6 Å². The molecule has 3 fully saturated rings. The van der Waals surface area contributed by atoms with Crippen molar-refractivity contribution in [3.05, 3.63) is 84.6 Å². The molecule has 3 saturated heterocycles. The van der Waals surface area contributed by atoms with Crippen LogP contribution in [0, 0.1) is 12.8 Å². The molecule has 0 aromatic heterocycles. The minimum atomic E-state index is -1.01. The van der Waals surface area contributed by atoms with E-state index in [1.54, 1.807) is 69.3 Å². The molecule has 0 radical (unpaired) electrons. The minimum Gasteiger partial charge on any atom is -0.855 e. The number of hydrogen-bond donors (Lipinski definition) is 0. The molecule has 5 unspecified atom stereocenters. The van der Waals surface area contributed by atoms with Crippen LogP contribution in [0.25, 0.3) is 0 Å². The number of fused-ring (bicyclic) bond motifs is 1. The van der Waals surface area contributed by atoms with Gasteiger partial charge in [0.1, 0.15) is 12.2 Å². The summed E-state index contributed by atoms with van der Waals surface area (Å²) in [6.07, 6.45) is -0.942. The molecule has 3 aliphatic rings. The van der Waals surface area contributed by atoms with E-state index in [1.807, 2.05) is 26.0 Å². The number of rotatable bonds is 7. The molecule has 0 aliphatic carbocycles. The Morgan fingerprint density at radius 1 is 0.761 bits per heavy atom. The SMILES string of the molecule is CC(=O)[CH-]C(=O)c1ccccc1.CC(=O)[CH-]C(=O)c1ccccc1.CC1(C)OCC(C2OC3OC(C)(C)OC3C2[O-])O1.CC[O-].[Ti]. The monoisotopic (exact) mass is 674 g/mol. The summed E-state index contributed by atoms with van der Waals surface area (Å²) in [6.45, 7) is 11.8. The van der Waals surface area contributed by atoms with Crippen LogP contribution < -0.4 is 10.2 Å². The van der Waals surface area contributed by atoms with Crippen molar-refractivity contribution in [3.63, 3.8) is 0 Å². The zero-order valence-corrected chi connectivity index (χ0v) is 28.8. The molecule has 0 amide bonds. The third-order valence-electron chi connectivity index (χ3n) is 6.21. The van der Waals surface area contributed by atoms with Gasteiger partial charge in [0.15, 0.2) is 17.9 Å². The van der Waals surface area contributed by atoms with Crippen LogP contribution in [0.2, 0.25) is 0 Å². The molecule has 252 valence electrons. The third-order valence-corrected chi connectivity index (χ3v) is 6.21. The summed E-state index contributed by atoms with van der Waals surface area (Å²) in [5.74, 6) is -2.32. The van der Waals surface area contributed by atoms with Crippen LogP contribution in [0.4, 0.5) is 0 Å². The Morgan fingerprint density at radius 3 is 1.54 bits per heavy atom. The number of ketones is 4. The van der Waals surface area contributed by atoms with E-state index >= 15 is 0 Å². The molecule has 2 aromatic carbocycles. The number of Topliss-reactive ketones (excluding diaryl/α,β-unsaturated/α-hetero) is 4. The van der Waals surface area contributed by atoms with Crippen LogP contribution in [0.5, 0.6) is 0 Å². The molecular formula is C34H42O11Ti-4. The molecule has 5 rings (SSSR count). The van der Waals surface area contributed by atoms with Crippen LogP contribution in [-0.2, 0) is 55.0 Å². The minimum absolute atomic E-state index is 0. The fourth-order valence-corrected chi connectivity index (χ4v) is 4.42. The van der Waals surface area contributed by atoms with Crippen molar-refractivity contribution in [2.75, 3.05) is 13.2 Å². The number of benzene rings is 2. The van der Waals surface area contributed by atoms with Gasteiger partial charge in [-0.2, -0.15) is 0 Å². The first kappa shape index (κ1) is 41.3. The van der Waals surface area contributed by atoms with Gasteiger partial charge in [-0.1, -0.05) is 49.4 Å². The Kier molecular flexibility index (Phi) is 17.2. The van der Waals surface area contributed by atoms with Crippen molar-refractivity contribution in [3.8, 4) is 0 Å². The van der Waals surface area contributed by atoms with Crippen LogP contribution in [0.3, 0.4) is 0 Å². The second-order valence-corrected chi connectivity index (χ2v) is 11.2. The molecular weight excluding hydrogens is 632 g/mol. The van der Waals surface area contributed by atoms with E-state index in [-0.39, 0.29) is 57.6 Å². The summed E-state index contributed by atoms with van der Waals surface area (Å²) < 4.78 is 27.9. The normalized spacial score (nSPS) is 24.5. The van der Waals surface area contributed by atoms with Crippen molar-refractivity contribution >= 4 is 23.1 Å². The van der Waals surface area contributed by atoms with Crippen molar-refractivity contribution in [1.82, 2.24) is 0 Å². The fraction of sp³-hybridized carbons (Fsp3) is 0.471. The number of ether oxygens (including phenoxy) is 5. The molecule has 3 aliphatic heterocycles. The Bertz CT molecular complexity index is 1190. The number of carbonyl (C=O) groups is 4. The second kappa shape index (κ2) is 19.2. The second-order valence-electron chi connectivity index (χ2n) is 11.2. The van der Waals surface area contributed by atoms with Gasteiger partial charge >= 0.3 is 0 Å². The van der Waals surface area contributed by atoms with Gasteiger partial charge in [-0.15, -0.1) is 54.8 Å². The van der Waals surface area contributed by atoms with E-state index in [0.29, 0.717) is 17.7 Å². The Balaban J connectivity index is 0.000000337. The largest absolute Gasteiger partial charge is 0.855 e. The van der Waals surface area contributed by atoms with Crippen molar-refractivity contribution in [2.45, 2.75) is 90.7 Å². The van der Waals surface area contributed by atoms with Crippen molar-refractivity contribution < 1.29 is 74.8 Å². The topological polar surface area (TPSA) is 161 Å². The third kappa shape index (κ3) is 13.6. The van der Waals surface area contributed by atoms with Gasteiger partial charge in [-0.3, -0.25) is 0 Å². The van der Waals surface area contributed by atoms with Crippen molar-refractivity contribution in [2.24, 2.45) is 0 Å². The summed E-state index contributed by atoms with van der Waals surface area (Å²) >= 11 is 0. The summed E-state index contributed by atoms with van der Waals surface area (Å²) in [5.41, 5.74) is 1.10. The predicted molar refractivity (Wildman–Crippen MR) is 159 cm³/mol. The van der Waals surface area contributed by atoms with Crippen LogP contribution in [0.1, 0.15) is 69.2 Å². The van der Waals surface area contributed by atoms with E-state index in [9.17, 15) is 24.3 Å². The molecule has 3 heterocycles. The maximum atomic E-state index is 12.3. The van der Waals surface area contributed by atoms with Crippen molar-refractivity contribution in [1.29, 1.82) is 0 Å². The summed E-state index contributed by atoms with van der Waals surface area (Å²) in [4.78, 5) is 43.5. The van der Waals surface area contributed by atoms with Gasteiger partial charge in [0.05, 0.1) is 24.3 Å². The zero-order chi connectivity index (χ0) is 33.8. The van der Waals surface area contributed by atoms with E-state index in [4.69, 9.17) is 28.8 Å². The molecule has 5 atom stereocenters. The van der Waals surface area contributed by atoms with Crippen LogP contribution in [0.15, 0.2) is 60.7 Å². The molecule has 46 heavy (non-hydrogen) atoms. The first-order chi connectivity index (χ1) is 21.1. The fourth-order valence-electron chi connectivity index (χ4n) is 4.42. The maximum Gasteiger partial charge on any atom is 0.186 e. The zero-order valence-electron chi connectivity index (χ0n) is 27.2. The average Bonchev–Trinajstić information content (AvgIpc) is 3.59. The molecule has 0 spiro atoms. The Morgan fingerprint density at radius 2 is 1.20 bits per heavy atom. The predicted octanol–water partition coefficient (Wildman–Crippen LogP) is 2.43. The molecule has 11 nitrogen and oxygen atoms in total. The number of hydrogen-bond acceptors (Lipinski definition) is 11. The van der Waals surface area contributed by atoms with E-state index in [1.165, 1.54) is 13.8 Å².